The number of benzene rings is 4. The van der Waals surface area contributed by atoms with Gasteiger partial charge in [0.1, 0.15) is 5.75 Å². The van der Waals surface area contributed by atoms with E-state index in [0.29, 0.717) is 5.75 Å². The highest BCUT2D eigenvalue weighted by molar-refractivity contribution is 5.93. The molecule has 1 spiro atoms. The van der Waals surface area contributed by atoms with Crippen molar-refractivity contribution < 1.29 is 5.11 Å². The summed E-state index contributed by atoms with van der Waals surface area (Å²) in [6.45, 7) is 0. The molecular weight excluding hydrogens is 424 g/mol. The van der Waals surface area contributed by atoms with Gasteiger partial charge < -0.3 is 5.11 Å². The van der Waals surface area contributed by atoms with Crippen LogP contribution in [0.3, 0.4) is 0 Å². The van der Waals surface area contributed by atoms with E-state index in [4.69, 9.17) is 0 Å². The third-order valence-electron chi connectivity index (χ3n) is 9.93. The standard InChI is InChI=1S/C34H30O/c35-28-9-4-7-24(20-28)23-6-3-8-25(19-23)29-11-5-13-32-33(29)30-10-1-2-12-31(30)34(32)26-15-21-14-22(17-26)18-27(34)16-21/h1-13,19-22,26-27,35H,14-18H2. The molecule has 4 aromatic rings. The lowest BCUT2D eigenvalue weighted by Crippen LogP contribution is -2.55. The van der Waals surface area contributed by atoms with Crippen LogP contribution in [0.5, 0.6) is 5.75 Å². The molecule has 4 saturated carbocycles. The zero-order valence-electron chi connectivity index (χ0n) is 20.0. The molecule has 4 aromatic carbocycles. The van der Waals surface area contributed by atoms with Gasteiger partial charge in [-0.25, -0.2) is 0 Å². The third-order valence-corrected chi connectivity index (χ3v) is 9.93. The van der Waals surface area contributed by atoms with Crippen LogP contribution in [-0.2, 0) is 5.41 Å². The van der Waals surface area contributed by atoms with E-state index in [2.05, 4.69) is 72.8 Å². The maximum absolute atomic E-state index is 10.0. The van der Waals surface area contributed by atoms with Crippen LogP contribution in [-0.4, -0.2) is 5.11 Å². The Morgan fingerprint density at radius 3 is 1.91 bits per heavy atom. The second-order valence-corrected chi connectivity index (χ2v) is 11.6. The molecule has 9 rings (SSSR count). The Balaban J connectivity index is 1.35. The van der Waals surface area contributed by atoms with Crippen molar-refractivity contribution in [2.24, 2.45) is 23.7 Å². The number of fused-ring (bicyclic) bond motifs is 3. The summed E-state index contributed by atoms with van der Waals surface area (Å²) in [5.41, 5.74) is 11.2. The molecule has 0 atom stereocenters. The molecule has 5 aliphatic rings. The summed E-state index contributed by atoms with van der Waals surface area (Å²) in [7, 11) is 0. The van der Waals surface area contributed by atoms with E-state index in [1.54, 1.807) is 17.2 Å². The molecule has 4 bridgehead atoms. The fourth-order valence-corrected chi connectivity index (χ4v) is 8.99. The van der Waals surface area contributed by atoms with Crippen molar-refractivity contribution in [2.75, 3.05) is 0 Å². The van der Waals surface area contributed by atoms with Gasteiger partial charge in [-0.3, -0.25) is 0 Å². The van der Waals surface area contributed by atoms with Crippen LogP contribution in [0.25, 0.3) is 33.4 Å². The topological polar surface area (TPSA) is 20.2 Å². The first kappa shape index (κ1) is 19.9. The minimum absolute atomic E-state index is 0.207. The zero-order valence-corrected chi connectivity index (χ0v) is 20.0. The molecule has 5 aliphatic carbocycles. The lowest BCUT2D eigenvalue weighted by Gasteiger charge is -2.61. The predicted molar refractivity (Wildman–Crippen MR) is 142 cm³/mol. The second-order valence-electron chi connectivity index (χ2n) is 11.6. The molecule has 0 amide bonds. The van der Waals surface area contributed by atoms with Crippen LogP contribution >= 0.6 is 0 Å². The summed E-state index contributed by atoms with van der Waals surface area (Å²) in [5, 5.41) is 10.0. The maximum atomic E-state index is 10.0. The van der Waals surface area contributed by atoms with Crippen molar-refractivity contribution in [1.82, 2.24) is 0 Å². The molecule has 1 N–H and O–H groups in total. The van der Waals surface area contributed by atoms with Crippen LogP contribution in [0.15, 0.2) is 91.0 Å². The number of hydrogen-bond donors (Lipinski definition) is 1. The van der Waals surface area contributed by atoms with Crippen molar-refractivity contribution in [3.8, 4) is 39.1 Å². The van der Waals surface area contributed by atoms with Gasteiger partial charge in [0.2, 0.25) is 0 Å². The Kier molecular flexibility index (Phi) is 4.05. The summed E-state index contributed by atoms with van der Waals surface area (Å²) in [6.07, 6.45) is 7.14. The van der Waals surface area contributed by atoms with Gasteiger partial charge >= 0.3 is 0 Å². The Morgan fingerprint density at radius 1 is 0.543 bits per heavy atom. The highest BCUT2D eigenvalue weighted by Crippen LogP contribution is 2.69. The van der Waals surface area contributed by atoms with Gasteiger partial charge in [0.25, 0.3) is 0 Å². The van der Waals surface area contributed by atoms with E-state index < -0.39 is 0 Å². The number of phenols is 1. The van der Waals surface area contributed by atoms with Gasteiger partial charge in [0.15, 0.2) is 0 Å². The van der Waals surface area contributed by atoms with Crippen LogP contribution in [0.4, 0.5) is 0 Å². The van der Waals surface area contributed by atoms with E-state index in [0.717, 1.165) is 34.8 Å². The number of aromatic hydroxyl groups is 1. The lowest BCUT2D eigenvalue weighted by atomic mass is 9.43. The average molecular weight is 455 g/mol. The normalized spacial score (nSPS) is 29.4. The van der Waals surface area contributed by atoms with Gasteiger partial charge in [-0.15, -0.1) is 0 Å². The number of hydrogen-bond acceptors (Lipinski definition) is 1. The summed E-state index contributed by atoms with van der Waals surface area (Å²) in [4.78, 5) is 0. The van der Waals surface area contributed by atoms with E-state index in [-0.39, 0.29) is 5.41 Å². The lowest BCUT2D eigenvalue weighted by molar-refractivity contribution is -0.0399. The SMILES string of the molecule is Oc1cccc(-c2cccc(-c3cccc4c3-c3ccccc3C43C4CC5CC(C4)CC3C5)c2)c1. The molecule has 0 aromatic heterocycles. The Morgan fingerprint density at radius 2 is 1.14 bits per heavy atom. The maximum Gasteiger partial charge on any atom is 0.116 e. The van der Waals surface area contributed by atoms with E-state index in [1.165, 1.54) is 54.4 Å². The minimum atomic E-state index is 0.207. The number of rotatable bonds is 2. The molecule has 0 heterocycles. The average Bonchev–Trinajstić information content (AvgIpc) is 3.18. The van der Waals surface area contributed by atoms with Crippen molar-refractivity contribution in [3.05, 3.63) is 102 Å². The Bertz CT molecular complexity index is 1450. The van der Waals surface area contributed by atoms with Crippen molar-refractivity contribution in [2.45, 2.75) is 37.5 Å². The Hall–Kier alpha value is -3.32. The first-order chi connectivity index (χ1) is 17.2. The summed E-state index contributed by atoms with van der Waals surface area (Å²) >= 11 is 0. The zero-order chi connectivity index (χ0) is 23.1. The van der Waals surface area contributed by atoms with Crippen molar-refractivity contribution in [3.63, 3.8) is 0 Å². The van der Waals surface area contributed by atoms with Gasteiger partial charge in [0, 0.05) is 5.41 Å². The van der Waals surface area contributed by atoms with E-state index >= 15 is 0 Å². The summed E-state index contributed by atoms with van der Waals surface area (Å²) < 4.78 is 0. The first-order valence-electron chi connectivity index (χ1n) is 13.3. The third kappa shape index (κ3) is 2.64. The summed E-state index contributed by atoms with van der Waals surface area (Å²) in [5.74, 6) is 3.80. The quantitative estimate of drug-likeness (QED) is 0.322. The van der Waals surface area contributed by atoms with Crippen LogP contribution in [0, 0.1) is 23.7 Å². The molecule has 1 nitrogen and oxygen atoms in total. The second kappa shape index (κ2) is 7.10. The van der Waals surface area contributed by atoms with Gasteiger partial charge in [0.05, 0.1) is 0 Å². The highest BCUT2D eigenvalue weighted by Gasteiger charge is 2.61. The largest absolute Gasteiger partial charge is 0.508 e. The molecule has 0 aliphatic heterocycles. The van der Waals surface area contributed by atoms with Crippen LogP contribution in [0.1, 0.15) is 43.2 Å². The first-order valence-corrected chi connectivity index (χ1v) is 13.3. The molecule has 0 unspecified atom stereocenters. The van der Waals surface area contributed by atoms with E-state index in [1.807, 2.05) is 12.1 Å². The molecule has 35 heavy (non-hydrogen) atoms. The predicted octanol–water partition coefficient (Wildman–Crippen LogP) is 8.45. The monoisotopic (exact) mass is 454 g/mol. The van der Waals surface area contributed by atoms with Crippen molar-refractivity contribution >= 4 is 0 Å². The molecule has 4 fully saturated rings. The Labute approximate surface area is 207 Å². The molecule has 0 saturated heterocycles. The van der Waals surface area contributed by atoms with Gasteiger partial charge in [-0.05, 0) is 118 Å². The van der Waals surface area contributed by atoms with Gasteiger partial charge in [-0.2, -0.15) is 0 Å². The highest BCUT2D eigenvalue weighted by atomic mass is 16.3. The molecular formula is C34H30O. The molecule has 1 heteroatoms. The fraction of sp³-hybridized carbons (Fsp3) is 0.294. The number of phenolic OH excluding ortho intramolecular Hbond substituents is 1. The fourth-order valence-electron chi connectivity index (χ4n) is 8.99. The minimum Gasteiger partial charge on any atom is -0.508 e. The smallest absolute Gasteiger partial charge is 0.116 e. The molecule has 0 radical (unpaired) electrons. The van der Waals surface area contributed by atoms with Gasteiger partial charge in [-0.1, -0.05) is 72.8 Å². The van der Waals surface area contributed by atoms with E-state index in [9.17, 15) is 5.11 Å². The van der Waals surface area contributed by atoms with Crippen LogP contribution < -0.4 is 0 Å². The summed E-state index contributed by atoms with van der Waals surface area (Å²) in [6, 6.07) is 32.9. The van der Waals surface area contributed by atoms with Crippen molar-refractivity contribution in [1.29, 1.82) is 0 Å². The van der Waals surface area contributed by atoms with Crippen LogP contribution in [0.2, 0.25) is 0 Å². The molecule has 172 valence electrons.